The molecule has 1 aromatic rings. The number of rotatable bonds is 1. The van der Waals surface area contributed by atoms with Crippen LogP contribution in [0.15, 0.2) is 12.1 Å². The Morgan fingerprint density at radius 3 is 2.67 bits per heavy atom. The van der Waals surface area contributed by atoms with Gasteiger partial charge in [-0.1, -0.05) is 11.6 Å². The van der Waals surface area contributed by atoms with E-state index < -0.39 is 16.7 Å². The predicted molar refractivity (Wildman–Crippen MR) is 41.7 cm³/mol. The molecule has 0 aliphatic rings. The molecule has 0 radical (unpaired) electrons. The van der Waals surface area contributed by atoms with Crippen molar-refractivity contribution in [1.29, 1.82) is 0 Å². The molecule has 0 unspecified atom stereocenters. The molecule has 0 saturated carbocycles. The van der Waals surface area contributed by atoms with Crippen LogP contribution in [0, 0.1) is 18.2 Å². The molecule has 0 atom stereocenters. The van der Waals surface area contributed by atoms with E-state index in [9.17, 15) is 8.78 Å². The first-order valence-electron chi connectivity index (χ1n) is 3.12. The van der Waals surface area contributed by atoms with Crippen LogP contribution in [0.5, 0.6) is 0 Å². The van der Waals surface area contributed by atoms with Gasteiger partial charge in [-0.05, 0) is 12.1 Å². The van der Waals surface area contributed by atoms with E-state index in [2.05, 4.69) is 4.85 Å². The Balaban J connectivity index is 3.19. The second-order valence-corrected chi connectivity index (χ2v) is 2.53. The van der Waals surface area contributed by atoms with Gasteiger partial charge in [0.25, 0.3) is 0 Å². The van der Waals surface area contributed by atoms with Crippen molar-refractivity contribution in [2.45, 2.75) is 6.54 Å². The zero-order valence-electron chi connectivity index (χ0n) is 5.94. The fourth-order valence-corrected chi connectivity index (χ4v) is 0.958. The Bertz CT molecular complexity index is 344. The third-order valence-electron chi connectivity index (χ3n) is 1.36. The molecule has 4 heteroatoms. The lowest BCUT2D eigenvalue weighted by molar-refractivity contribution is 0.576. The Morgan fingerprint density at radius 1 is 1.42 bits per heavy atom. The van der Waals surface area contributed by atoms with Gasteiger partial charge in [0.2, 0.25) is 6.54 Å². The van der Waals surface area contributed by atoms with E-state index in [1.54, 1.807) is 0 Å². The summed E-state index contributed by atoms with van der Waals surface area (Å²) in [5.41, 5.74) is 0.122. The van der Waals surface area contributed by atoms with E-state index in [0.717, 1.165) is 6.07 Å². The van der Waals surface area contributed by atoms with Crippen molar-refractivity contribution in [3.05, 3.63) is 45.8 Å². The highest BCUT2D eigenvalue weighted by Crippen LogP contribution is 2.22. The van der Waals surface area contributed by atoms with E-state index in [4.69, 9.17) is 18.2 Å². The van der Waals surface area contributed by atoms with Crippen LogP contribution in [-0.2, 0) is 6.54 Å². The topological polar surface area (TPSA) is 4.36 Å². The summed E-state index contributed by atoms with van der Waals surface area (Å²) in [5, 5.41) is -0.545. The summed E-state index contributed by atoms with van der Waals surface area (Å²) in [5.74, 6) is -1.64. The average Bonchev–Trinajstić information content (AvgIpc) is 2.07. The first-order valence-corrected chi connectivity index (χ1v) is 3.50. The van der Waals surface area contributed by atoms with Crippen LogP contribution in [0.2, 0.25) is 5.02 Å². The van der Waals surface area contributed by atoms with Crippen LogP contribution >= 0.6 is 11.6 Å². The highest BCUT2D eigenvalue weighted by molar-refractivity contribution is 6.30. The first-order chi connectivity index (χ1) is 5.66. The van der Waals surface area contributed by atoms with Gasteiger partial charge in [0.15, 0.2) is 5.82 Å². The molecule has 0 amide bonds. The van der Waals surface area contributed by atoms with Crippen LogP contribution in [0.3, 0.4) is 0 Å². The normalized spacial score (nSPS) is 9.50. The number of benzene rings is 1. The van der Waals surface area contributed by atoms with Gasteiger partial charge in [-0.15, -0.1) is 0 Å². The summed E-state index contributed by atoms with van der Waals surface area (Å²) in [6, 6.07) is 2.26. The van der Waals surface area contributed by atoms with Crippen LogP contribution < -0.4 is 0 Å². The van der Waals surface area contributed by atoms with Gasteiger partial charge in [-0.3, -0.25) is 0 Å². The minimum atomic E-state index is -0.840. The smallest absolute Gasteiger partial charge is 0.242 e. The Morgan fingerprint density at radius 2 is 2.08 bits per heavy atom. The van der Waals surface area contributed by atoms with Gasteiger partial charge in [-0.2, -0.15) is 0 Å². The van der Waals surface area contributed by atoms with Crippen molar-refractivity contribution in [2.75, 3.05) is 0 Å². The minimum Gasteiger partial charge on any atom is -0.312 e. The van der Waals surface area contributed by atoms with Crippen LogP contribution in [0.25, 0.3) is 4.85 Å². The standard InChI is InChI=1S/C8H4ClF2N/c1-12-4-5-2-3-6(10)7(9)8(5)11/h2-3H,4H2. The van der Waals surface area contributed by atoms with Gasteiger partial charge in [0.05, 0.1) is 5.56 Å². The van der Waals surface area contributed by atoms with E-state index in [1.807, 2.05) is 0 Å². The van der Waals surface area contributed by atoms with Crippen LogP contribution in [-0.4, -0.2) is 0 Å². The van der Waals surface area contributed by atoms with E-state index in [0.29, 0.717) is 0 Å². The first kappa shape index (κ1) is 8.95. The second-order valence-electron chi connectivity index (χ2n) is 2.15. The molecule has 62 valence electrons. The second kappa shape index (κ2) is 3.51. The fraction of sp³-hybridized carbons (Fsp3) is 0.125. The highest BCUT2D eigenvalue weighted by Gasteiger charge is 2.12. The molecule has 1 nitrogen and oxygen atoms in total. The Labute approximate surface area is 73.4 Å². The maximum atomic E-state index is 12.9. The molecule has 0 heterocycles. The summed E-state index contributed by atoms with van der Waals surface area (Å²) in [6.07, 6.45) is 0. The van der Waals surface area contributed by atoms with E-state index in [1.165, 1.54) is 6.07 Å². The maximum absolute atomic E-state index is 12.9. The van der Waals surface area contributed by atoms with Crippen molar-refractivity contribution in [3.63, 3.8) is 0 Å². The van der Waals surface area contributed by atoms with Gasteiger partial charge in [0.1, 0.15) is 10.8 Å². The third-order valence-corrected chi connectivity index (χ3v) is 1.71. The lowest BCUT2D eigenvalue weighted by atomic mass is 10.2. The summed E-state index contributed by atoms with van der Waals surface area (Å²) in [4.78, 5) is 2.97. The molecule has 0 aliphatic heterocycles. The minimum absolute atomic E-state index is 0.119. The molecule has 0 bridgehead atoms. The lowest BCUT2D eigenvalue weighted by Gasteiger charge is -1.98. The van der Waals surface area contributed by atoms with E-state index in [-0.39, 0.29) is 12.1 Å². The van der Waals surface area contributed by atoms with Crippen molar-refractivity contribution < 1.29 is 8.78 Å². The summed E-state index contributed by atoms with van der Waals surface area (Å²) >= 11 is 5.27. The number of halogens is 3. The monoisotopic (exact) mass is 187 g/mol. The predicted octanol–water partition coefficient (Wildman–Crippen LogP) is 3.04. The van der Waals surface area contributed by atoms with Crippen molar-refractivity contribution in [2.24, 2.45) is 0 Å². The van der Waals surface area contributed by atoms with Crippen molar-refractivity contribution in [3.8, 4) is 0 Å². The molecular weight excluding hydrogens is 184 g/mol. The molecular formula is C8H4ClF2N. The SMILES string of the molecule is [C-]#[N+]Cc1ccc(F)c(Cl)c1F. The summed E-state index contributed by atoms with van der Waals surface area (Å²) < 4.78 is 25.5. The number of nitrogens with zero attached hydrogens (tertiary/aromatic N) is 1. The molecule has 12 heavy (non-hydrogen) atoms. The zero-order valence-corrected chi connectivity index (χ0v) is 6.70. The van der Waals surface area contributed by atoms with Gasteiger partial charge in [-0.25, -0.2) is 15.4 Å². The van der Waals surface area contributed by atoms with Gasteiger partial charge >= 0.3 is 0 Å². The van der Waals surface area contributed by atoms with E-state index >= 15 is 0 Å². The molecule has 0 aliphatic carbocycles. The summed E-state index contributed by atoms with van der Waals surface area (Å²) in [6.45, 7) is 6.36. The zero-order chi connectivity index (χ0) is 9.14. The Hall–Kier alpha value is -1.14. The summed E-state index contributed by atoms with van der Waals surface area (Å²) in [7, 11) is 0. The molecule has 0 spiro atoms. The largest absolute Gasteiger partial charge is 0.312 e. The van der Waals surface area contributed by atoms with Crippen LogP contribution in [0.1, 0.15) is 5.56 Å². The van der Waals surface area contributed by atoms with Gasteiger partial charge < -0.3 is 4.85 Å². The van der Waals surface area contributed by atoms with Crippen LogP contribution in [0.4, 0.5) is 8.78 Å². The molecule has 1 rings (SSSR count). The quantitative estimate of drug-likeness (QED) is 0.470. The van der Waals surface area contributed by atoms with Crippen molar-refractivity contribution >= 4 is 11.6 Å². The molecule has 0 aromatic heterocycles. The molecule has 0 fully saturated rings. The lowest BCUT2D eigenvalue weighted by Crippen LogP contribution is -1.90. The molecule has 1 aromatic carbocycles. The Kier molecular flexibility index (Phi) is 2.61. The number of hydrogen-bond donors (Lipinski definition) is 0. The third kappa shape index (κ3) is 1.54. The van der Waals surface area contributed by atoms with Crippen molar-refractivity contribution in [1.82, 2.24) is 0 Å². The molecule has 0 saturated heterocycles. The van der Waals surface area contributed by atoms with Gasteiger partial charge in [0, 0.05) is 0 Å². The molecule has 0 N–H and O–H groups in total. The average molecular weight is 188 g/mol. The maximum Gasteiger partial charge on any atom is 0.242 e. The fourth-order valence-electron chi connectivity index (χ4n) is 0.773. The highest BCUT2D eigenvalue weighted by atomic mass is 35.5. The number of hydrogen-bond acceptors (Lipinski definition) is 0.